The Morgan fingerprint density at radius 3 is 2.90 bits per heavy atom. The molecule has 3 N–H and O–H groups in total. The highest BCUT2D eigenvalue weighted by Gasteiger charge is 2.25. The number of carbonyl (C=O) groups is 1. The number of hydrogen-bond donors (Lipinski definition) is 3. The second-order valence-corrected chi connectivity index (χ2v) is 5.53. The highest BCUT2D eigenvalue weighted by atomic mass is 16.5. The molecule has 5 heteroatoms. The maximum Gasteiger partial charge on any atom is 0.315 e. The third kappa shape index (κ3) is 3.63. The van der Waals surface area contributed by atoms with Crippen LogP contribution >= 0.6 is 0 Å². The van der Waals surface area contributed by atoms with Gasteiger partial charge in [0.15, 0.2) is 0 Å². The van der Waals surface area contributed by atoms with Gasteiger partial charge in [-0.2, -0.15) is 0 Å². The highest BCUT2D eigenvalue weighted by molar-refractivity contribution is 5.75. The van der Waals surface area contributed by atoms with E-state index in [1.165, 1.54) is 0 Å². The summed E-state index contributed by atoms with van der Waals surface area (Å²) >= 11 is 0. The smallest absolute Gasteiger partial charge is 0.315 e. The molecular formula is C15H22N2O3. The number of aliphatic hydroxyl groups excluding tert-OH is 1. The third-order valence-electron chi connectivity index (χ3n) is 3.32. The number of aliphatic hydroxyl groups is 1. The van der Waals surface area contributed by atoms with Crippen LogP contribution in [0.2, 0.25) is 0 Å². The molecule has 2 atom stereocenters. The quantitative estimate of drug-likeness (QED) is 0.769. The van der Waals surface area contributed by atoms with Gasteiger partial charge in [0.25, 0.3) is 0 Å². The van der Waals surface area contributed by atoms with Crippen LogP contribution in [0.25, 0.3) is 0 Å². The number of urea groups is 1. The molecule has 20 heavy (non-hydrogen) atoms. The molecule has 5 nitrogen and oxygen atoms in total. The molecule has 0 saturated heterocycles. The van der Waals surface area contributed by atoms with Crippen molar-refractivity contribution in [2.75, 3.05) is 13.2 Å². The lowest BCUT2D eigenvalue weighted by atomic mass is 10.0. The summed E-state index contributed by atoms with van der Waals surface area (Å²) < 4.78 is 5.52. The fraction of sp³-hybridized carbons (Fsp3) is 0.533. The zero-order valence-electron chi connectivity index (χ0n) is 11.9. The van der Waals surface area contributed by atoms with Crippen LogP contribution in [0.15, 0.2) is 24.3 Å². The second-order valence-electron chi connectivity index (χ2n) is 5.53. The Hall–Kier alpha value is -1.75. The highest BCUT2D eigenvalue weighted by Crippen LogP contribution is 2.31. The first kappa shape index (κ1) is 14.7. The van der Waals surface area contributed by atoms with Crippen molar-refractivity contribution >= 4 is 6.03 Å². The number of carbonyl (C=O) groups excluding carboxylic acids is 1. The molecule has 1 heterocycles. The molecule has 0 saturated carbocycles. The van der Waals surface area contributed by atoms with Crippen LogP contribution in [0.3, 0.4) is 0 Å². The molecule has 0 aliphatic carbocycles. The van der Waals surface area contributed by atoms with E-state index in [4.69, 9.17) is 4.74 Å². The van der Waals surface area contributed by atoms with Gasteiger partial charge in [-0.25, -0.2) is 4.79 Å². The predicted octanol–water partition coefficient (Wildman–Crippen LogP) is 1.83. The normalized spacial score (nSPS) is 18.3. The van der Waals surface area contributed by atoms with Gasteiger partial charge in [-0.3, -0.25) is 0 Å². The van der Waals surface area contributed by atoms with E-state index in [1.807, 2.05) is 24.3 Å². The van der Waals surface area contributed by atoms with Gasteiger partial charge in [0, 0.05) is 5.56 Å². The average molecular weight is 278 g/mol. The molecular weight excluding hydrogens is 256 g/mol. The summed E-state index contributed by atoms with van der Waals surface area (Å²) in [5, 5.41) is 15.0. The van der Waals surface area contributed by atoms with Crippen LogP contribution in [0.4, 0.5) is 4.79 Å². The summed E-state index contributed by atoms with van der Waals surface area (Å²) in [4.78, 5) is 12.0. The standard InChI is InChI=1S/C15H22N2O3/c1-10(2)7-11(8-18)16-15(19)17-13-9-20-14-6-4-3-5-12(13)14/h3-6,10-11,13,18H,7-9H2,1-2H3,(H2,16,17,19). The third-order valence-corrected chi connectivity index (χ3v) is 3.32. The molecule has 1 aromatic carbocycles. The van der Waals surface area contributed by atoms with Crippen LogP contribution in [0.5, 0.6) is 5.75 Å². The minimum absolute atomic E-state index is 0.0522. The molecule has 0 bridgehead atoms. The van der Waals surface area contributed by atoms with Crippen molar-refractivity contribution in [2.45, 2.75) is 32.4 Å². The fourth-order valence-electron chi connectivity index (χ4n) is 2.42. The van der Waals surface area contributed by atoms with E-state index in [2.05, 4.69) is 24.5 Å². The lowest BCUT2D eigenvalue weighted by molar-refractivity contribution is 0.202. The maximum atomic E-state index is 12.0. The number of rotatable bonds is 5. The fourth-order valence-corrected chi connectivity index (χ4v) is 2.42. The molecule has 0 spiro atoms. The number of hydrogen-bond acceptors (Lipinski definition) is 3. The zero-order valence-corrected chi connectivity index (χ0v) is 11.9. The Kier molecular flexibility index (Phi) is 4.84. The maximum absolute atomic E-state index is 12.0. The lowest BCUT2D eigenvalue weighted by Crippen LogP contribution is -2.45. The van der Waals surface area contributed by atoms with E-state index in [1.54, 1.807) is 0 Å². The van der Waals surface area contributed by atoms with Crippen LogP contribution in [0, 0.1) is 5.92 Å². The van der Waals surface area contributed by atoms with Crippen LogP contribution in [0.1, 0.15) is 31.9 Å². The Balaban J connectivity index is 1.89. The topological polar surface area (TPSA) is 70.6 Å². The SMILES string of the molecule is CC(C)CC(CO)NC(=O)NC1COc2ccccc21. The molecule has 1 aliphatic heterocycles. The van der Waals surface area contributed by atoms with Gasteiger partial charge in [-0.15, -0.1) is 0 Å². The number of nitrogens with one attached hydrogen (secondary N) is 2. The Labute approximate surface area is 119 Å². The summed E-state index contributed by atoms with van der Waals surface area (Å²) in [5.74, 6) is 1.24. The second kappa shape index (κ2) is 6.61. The number of ether oxygens (including phenoxy) is 1. The minimum atomic E-state index is -0.269. The van der Waals surface area contributed by atoms with Gasteiger partial charge in [-0.05, 0) is 18.4 Å². The molecule has 0 fully saturated rings. The number of benzene rings is 1. The first-order valence-corrected chi connectivity index (χ1v) is 6.99. The van der Waals surface area contributed by atoms with Gasteiger partial charge in [0.1, 0.15) is 12.4 Å². The minimum Gasteiger partial charge on any atom is -0.491 e. The Bertz CT molecular complexity index is 462. The number of fused-ring (bicyclic) bond motifs is 1. The average Bonchev–Trinajstić information content (AvgIpc) is 2.81. The van der Waals surface area contributed by atoms with Crippen molar-refractivity contribution in [3.05, 3.63) is 29.8 Å². The number of para-hydroxylation sites is 1. The van der Waals surface area contributed by atoms with E-state index in [-0.39, 0.29) is 24.7 Å². The monoisotopic (exact) mass is 278 g/mol. The largest absolute Gasteiger partial charge is 0.491 e. The summed E-state index contributed by atoms with van der Waals surface area (Å²) in [7, 11) is 0. The summed E-state index contributed by atoms with van der Waals surface area (Å²) in [6, 6.07) is 7.06. The van der Waals surface area contributed by atoms with E-state index >= 15 is 0 Å². The van der Waals surface area contributed by atoms with Crippen LogP contribution in [-0.2, 0) is 0 Å². The van der Waals surface area contributed by atoms with Crippen molar-refractivity contribution < 1.29 is 14.6 Å². The molecule has 2 amide bonds. The van der Waals surface area contributed by atoms with Crippen molar-refractivity contribution in [2.24, 2.45) is 5.92 Å². The van der Waals surface area contributed by atoms with E-state index in [9.17, 15) is 9.90 Å². The van der Waals surface area contributed by atoms with Gasteiger partial charge in [0.05, 0.1) is 18.7 Å². The first-order chi connectivity index (χ1) is 9.60. The molecule has 110 valence electrons. The van der Waals surface area contributed by atoms with Gasteiger partial charge in [-0.1, -0.05) is 32.0 Å². The Morgan fingerprint density at radius 2 is 2.20 bits per heavy atom. The van der Waals surface area contributed by atoms with Gasteiger partial charge >= 0.3 is 6.03 Å². The molecule has 2 unspecified atom stereocenters. The van der Waals surface area contributed by atoms with Gasteiger partial charge in [0.2, 0.25) is 0 Å². The van der Waals surface area contributed by atoms with Crippen molar-refractivity contribution in [3.8, 4) is 5.75 Å². The van der Waals surface area contributed by atoms with Crippen molar-refractivity contribution in [1.82, 2.24) is 10.6 Å². The predicted molar refractivity (Wildman–Crippen MR) is 76.7 cm³/mol. The van der Waals surface area contributed by atoms with Crippen LogP contribution < -0.4 is 15.4 Å². The Morgan fingerprint density at radius 1 is 1.45 bits per heavy atom. The molecule has 1 aliphatic rings. The van der Waals surface area contributed by atoms with Crippen molar-refractivity contribution in [3.63, 3.8) is 0 Å². The summed E-state index contributed by atoms with van der Waals surface area (Å²) in [5.41, 5.74) is 0.993. The van der Waals surface area contributed by atoms with E-state index in [0.29, 0.717) is 12.5 Å². The lowest BCUT2D eigenvalue weighted by Gasteiger charge is -2.20. The number of amides is 2. The van der Waals surface area contributed by atoms with Gasteiger partial charge < -0.3 is 20.5 Å². The van der Waals surface area contributed by atoms with E-state index in [0.717, 1.165) is 17.7 Å². The summed E-state index contributed by atoms with van der Waals surface area (Å²) in [6.07, 6.45) is 0.752. The molecule has 1 aromatic rings. The molecule has 2 rings (SSSR count). The summed E-state index contributed by atoms with van der Waals surface area (Å²) in [6.45, 7) is 4.51. The zero-order chi connectivity index (χ0) is 14.5. The first-order valence-electron chi connectivity index (χ1n) is 6.99. The molecule has 0 radical (unpaired) electrons. The van der Waals surface area contributed by atoms with Crippen LogP contribution in [-0.4, -0.2) is 30.4 Å². The van der Waals surface area contributed by atoms with Crippen molar-refractivity contribution in [1.29, 1.82) is 0 Å². The van der Waals surface area contributed by atoms with E-state index < -0.39 is 0 Å². The molecule has 0 aromatic heterocycles.